The van der Waals surface area contributed by atoms with Crippen LogP contribution in [0.5, 0.6) is 0 Å². The maximum Gasteiger partial charge on any atom is 0.326 e. The van der Waals surface area contributed by atoms with Gasteiger partial charge in [-0.25, -0.2) is 4.79 Å². The summed E-state index contributed by atoms with van der Waals surface area (Å²) < 4.78 is 0.806. The van der Waals surface area contributed by atoms with E-state index in [1.54, 1.807) is 6.20 Å². The van der Waals surface area contributed by atoms with Crippen LogP contribution in [0.25, 0.3) is 10.9 Å². The standard InChI is InChI=1S/C15H15BrN2O3/c16-10-2-1-3-11-13(10)9(7-17-11)14(19)18-12(15(20)21)6-8-4-5-8/h1-3,7-8,12,17H,4-6H2,(H,18,19)(H,20,21). The van der Waals surface area contributed by atoms with Gasteiger partial charge in [-0.15, -0.1) is 0 Å². The number of hydrogen-bond donors (Lipinski definition) is 3. The number of hydrogen-bond acceptors (Lipinski definition) is 2. The number of fused-ring (bicyclic) bond motifs is 1. The van der Waals surface area contributed by atoms with E-state index < -0.39 is 12.0 Å². The minimum absolute atomic E-state index is 0.360. The van der Waals surface area contributed by atoms with Gasteiger partial charge in [-0.3, -0.25) is 4.79 Å². The molecule has 1 atom stereocenters. The van der Waals surface area contributed by atoms with Gasteiger partial charge in [-0.2, -0.15) is 0 Å². The molecule has 1 aliphatic carbocycles. The van der Waals surface area contributed by atoms with Gasteiger partial charge in [0.25, 0.3) is 5.91 Å². The Labute approximate surface area is 129 Å². The van der Waals surface area contributed by atoms with Crippen LogP contribution in [0.4, 0.5) is 0 Å². The number of carboxylic acids is 1. The molecule has 1 aromatic carbocycles. The number of amides is 1. The molecule has 1 fully saturated rings. The highest BCUT2D eigenvalue weighted by Crippen LogP contribution is 2.34. The van der Waals surface area contributed by atoms with E-state index in [1.165, 1.54) is 0 Å². The first kappa shape index (κ1) is 14.1. The fourth-order valence-corrected chi connectivity index (χ4v) is 3.04. The highest BCUT2D eigenvalue weighted by molar-refractivity contribution is 9.10. The molecule has 1 heterocycles. The zero-order valence-electron chi connectivity index (χ0n) is 11.2. The fourth-order valence-electron chi connectivity index (χ4n) is 2.46. The first-order valence-electron chi connectivity index (χ1n) is 6.85. The van der Waals surface area contributed by atoms with Gasteiger partial charge in [0, 0.05) is 21.6 Å². The normalized spacial score (nSPS) is 15.9. The van der Waals surface area contributed by atoms with E-state index in [0.717, 1.165) is 28.2 Å². The summed E-state index contributed by atoms with van der Waals surface area (Å²) in [5.41, 5.74) is 1.29. The summed E-state index contributed by atoms with van der Waals surface area (Å²) >= 11 is 3.42. The van der Waals surface area contributed by atoms with E-state index in [-0.39, 0.29) is 5.91 Å². The number of carbonyl (C=O) groups is 2. The van der Waals surface area contributed by atoms with Gasteiger partial charge in [0.15, 0.2) is 0 Å². The second kappa shape index (κ2) is 5.52. The Morgan fingerprint density at radius 2 is 2.19 bits per heavy atom. The van der Waals surface area contributed by atoms with Gasteiger partial charge in [0.2, 0.25) is 0 Å². The zero-order chi connectivity index (χ0) is 15.0. The van der Waals surface area contributed by atoms with Gasteiger partial charge < -0.3 is 15.4 Å². The molecule has 5 nitrogen and oxygen atoms in total. The number of aliphatic carboxylic acids is 1. The second-order valence-corrected chi connectivity index (χ2v) is 6.26. The van der Waals surface area contributed by atoms with E-state index in [1.807, 2.05) is 18.2 Å². The molecule has 0 aliphatic heterocycles. The molecule has 3 N–H and O–H groups in total. The number of halogens is 1. The molecule has 0 radical (unpaired) electrons. The molecule has 0 bridgehead atoms. The van der Waals surface area contributed by atoms with Gasteiger partial charge in [0.05, 0.1) is 5.56 Å². The van der Waals surface area contributed by atoms with Crippen molar-refractivity contribution in [2.75, 3.05) is 0 Å². The van der Waals surface area contributed by atoms with E-state index in [0.29, 0.717) is 17.9 Å². The third-order valence-electron chi connectivity index (χ3n) is 3.77. The Balaban J connectivity index is 1.84. The van der Waals surface area contributed by atoms with Crippen LogP contribution in [0.1, 0.15) is 29.6 Å². The Bertz CT molecular complexity index is 706. The Kier molecular flexibility index (Phi) is 3.71. The van der Waals surface area contributed by atoms with Crippen molar-refractivity contribution in [3.63, 3.8) is 0 Å². The van der Waals surface area contributed by atoms with Crippen LogP contribution >= 0.6 is 15.9 Å². The molecular formula is C15H15BrN2O3. The number of nitrogens with one attached hydrogen (secondary N) is 2. The van der Waals surface area contributed by atoms with Crippen LogP contribution in [-0.2, 0) is 4.79 Å². The lowest BCUT2D eigenvalue weighted by Gasteiger charge is -2.13. The van der Waals surface area contributed by atoms with E-state index >= 15 is 0 Å². The Hall–Kier alpha value is -1.82. The summed E-state index contributed by atoms with van der Waals surface area (Å²) in [6.07, 6.45) is 4.22. The molecular weight excluding hydrogens is 336 g/mol. The molecule has 3 rings (SSSR count). The van der Waals surface area contributed by atoms with Crippen molar-refractivity contribution in [1.29, 1.82) is 0 Å². The van der Waals surface area contributed by atoms with Crippen molar-refractivity contribution >= 4 is 38.7 Å². The predicted octanol–water partition coefficient (Wildman–Crippen LogP) is 2.91. The fraction of sp³-hybridized carbons (Fsp3) is 0.333. The zero-order valence-corrected chi connectivity index (χ0v) is 12.8. The highest BCUT2D eigenvalue weighted by atomic mass is 79.9. The minimum Gasteiger partial charge on any atom is -0.480 e. The largest absolute Gasteiger partial charge is 0.480 e. The topological polar surface area (TPSA) is 82.2 Å². The van der Waals surface area contributed by atoms with Crippen molar-refractivity contribution in [1.82, 2.24) is 10.3 Å². The van der Waals surface area contributed by atoms with Crippen molar-refractivity contribution in [2.45, 2.75) is 25.3 Å². The monoisotopic (exact) mass is 350 g/mol. The van der Waals surface area contributed by atoms with Crippen LogP contribution in [0.3, 0.4) is 0 Å². The number of aromatic nitrogens is 1. The summed E-state index contributed by atoms with van der Waals surface area (Å²) in [5.74, 6) is -0.906. The summed E-state index contributed by atoms with van der Waals surface area (Å²) in [7, 11) is 0. The number of carboxylic acid groups (broad SMARTS) is 1. The molecule has 0 saturated heterocycles. The van der Waals surface area contributed by atoms with Crippen LogP contribution in [0.15, 0.2) is 28.9 Å². The summed E-state index contributed by atoms with van der Waals surface area (Å²) in [5, 5.41) is 12.6. The lowest BCUT2D eigenvalue weighted by atomic mass is 10.1. The number of benzene rings is 1. The van der Waals surface area contributed by atoms with Crippen LogP contribution in [0, 0.1) is 5.92 Å². The lowest BCUT2D eigenvalue weighted by Crippen LogP contribution is -2.41. The third-order valence-corrected chi connectivity index (χ3v) is 4.43. The minimum atomic E-state index is -0.978. The summed E-state index contributed by atoms with van der Waals surface area (Å²) in [6.45, 7) is 0. The average molecular weight is 351 g/mol. The summed E-state index contributed by atoms with van der Waals surface area (Å²) in [6, 6.07) is 4.77. The molecule has 21 heavy (non-hydrogen) atoms. The van der Waals surface area contributed by atoms with Gasteiger partial charge >= 0.3 is 5.97 Å². The van der Waals surface area contributed by atoms with E-state index in [4.69, 9.17) is 0 Å². The van der Waals surface area contributed by atoms with Crippen molar-refractivity contribution < 1.29 is 14.7 Å². The SMILES string of the molecule is O=C(NC(CC1CC1)C(=O)O)c1c[nH]c2cccc(Br)c12. The summed E-state index contributed by atoms with van der Waals surface area (Å²) in [4.78, 5) is 26.7. The molecule has 1 aromatic heterocycles. The van der Waals surface area contributed by atoms with E-state index in [2.05, 4.69) is 26.2 Å². The maximum atomic E-state index is 12.4. The first-order chi connectivity index (χ1) is 10.1. The number of rotatable bonds is 5. The lowest BCUT2D eigenvalue weighted by molar-refractivity contribution is -0.139. The molecule has 2 aromatic rings. The molecule has 0 spiro atoms. The van der Waals surface area contributed by atoms with Crippen LogP contribution < -0.4 is 5.32 Å². The van der Waals surface area contributed by atoms with Gasteiger partial charge in [-0.1, -0.05) is 34.8 Å². The Morgan fingerprint density at radius 3 is 2.86 bits per heavy atom. The Morgan fingerprint density at radius 1 is 1.43 bits per heavy atom. The molecule has 1 amide bonds. The number of carbonyl (C=O) groups excluding carboxylic acids is 1. The van der Waals surface area contributed by atoms with Crippen molar-refractivity contribution in [3.8, 4) is 0 Å². The molecule has 1 unspecified atom stereocenters. The molecule has 6 heteroatoms. The number of H-pyrrole nitrogens is 1. The predicted molar refractivity (Wildman–Crippen MR) is 82.2 cm³/mol. The molecule has 110 valence electrons. The average Bonchev–Trinajstić information content (AvgIpc) is 3.14. The van der Waals surface area contributed by atoms with Crippen molar-refractivity contribution in [2.24, 2.45) is 5.92 Å². The van der Waals surface area contributed by atoms with Crippen LogP contribution in [0.2, 0.25) is 0 Å². The first-order valence-corrected chi connectivity index (χ1v) is 7.65. The van der Waals surface area contributed by atoms with Crippen LogP contribution in [-0.4, -0.2) is 28.0 Å². The highest BCUT2D eigenvalue weighted by Gasteiger charge is 2.30. The van der Waals surface area contributed by atoms with Crippen molar-refractivity contribution in [3.05, 3.63) is 34.4 Å². The maximum absolute atomic E-state index is 12.4. The quantitative estimate of drug-likeness (QED) is 0.775. The van der Waals surface area contributed by atoms with E-state index in [9.17, 15) is 14.7 Å². The van der Waals surface area contributed by atoms with Gasteiger partial charge in [-0.05, 0) is 24.5 Å². The molecule has 1 saturated carbocycles. The number of aromatic amines is 1. The smallest absolute Gasteiger partial charge is 0.326 e. The third kappa shape index (κ3) is 2.95. The van der Waals surface area contributed by atoms with Gasteiger partial charge in [0.1, 0.15) is 6.04 Å². The molecule has 1 aliphatic rings. The second-order valence-electron chi connectivity index (χ2n) is 5.41.